The van der Waals surface area contributed by atoms with E-state index < -0.39 is 0 Å². The summed E-state index contributed by atoms with van der Waals surface area (Å²) in [5, 5.41) is 2.42. The fourth-order valence-corrected chi connectivity index (χ4v) is 7.38. The Morgan fingerprint density at radius 3 is 1.84 bits per heavy atom. The zero-order valence-corrected chi connectivity index (χ0v) is 32.4. The van der Waals surface area contributed by atoms with E-state index in [0.717, 1.165) is 11.6 Å². The maximum absolute atomic E-state index is 4.27. The van der Waals surface area contributed by atoms with Gasteiger partial charge in [-0.15, -0.1) is 24.2 Å². The van der Waals surface area contributed by atoms with Gasteiger partial charge in [0.15, 0.2) is 0 Å². The smallest absolute Gasteiger partial charge is 0.0384 e. The lowest BCUT2D eigenvalue weighted by Gasteiger charge is -2.11. The summed E-state index contributed by atoms with van der Waals surface area (Å²) in [6.45, 7) is 25.1. The molecule has 51 heavy (non-hydrogen) atoms. The normalized spacial score (nSPS) is 14.2. The lowest BCUT2D eigenvalue weighted by Crippen LogP contribution is -2.19. The molecule has 0 fully saturated rings. The molecular formula is C50H54S. The van der Waals surface area contributed by atoms with E-state index in [1.54, 1.807) is 5.57 Å². The number of hydrogen-bond acceptors (Lipinski definition) is 1. The van der Waals surface area contributed by atoms with Crippen molar-refractivity contribution in [2.24, 2.45) is 0 Å². The van der Waals surface area contributed by atoms with Crippen molar-refractivity contribution in [2.45, 2.75) is 67.2 Å². The molecular weight excluding hydrogens is 633 g/mol. The molecule has 1 heterocycles. The first-order chi connectivity index (χ1) is 24.8. The summed E-state index contributed by atoms with van der Waals surface area (Å²) in [5.74, 6) is 0. The highest BCUT2D eigenvalue weighted by molar-refractivity contribution is 7.17. The molecule has 0 bridgehead atoms. The van der Waals surface area contributed by atoms with E-state index in [4.69, 9.17) is 0 Å². The third kappa shape index (κ3) is 10.4. The molecule has 2 aliphatic carbocycles. The quantitative estimate of drug-likeness (QED) is 0.165. The molecule has 4 aromatic carbocycles. The van der Waals surface area contributed by atoms with Gasteiger partial charge in [0.1, 0.15) is 0 Å². The van der Waals surface area contributed by atoms with Crippen LogP contribution in [0.2, 0.25) is 0 Å². The third-order valence-electron chi connectivity index (χ3n) is 9.12. The molecule has 260 valence electrons. The van der Waals surface area contributed by atoms with E-state index in [0.29, 0.717) is 0 Å². The number of hydrogen-bond donors (Lipinski definition) is 0. The van der Waals surface area contributed by atoms with E-state index >= 15 is 0 Å². The summed E-state index contributed by atoms with van der Waals surface area (Å²) in [6.07, 6.45) is 17.2. The van der Waals surface area contributed by atoms with Crippen LogP contribution in [0.4, 0.5) is 0 Å². The van der Waals surface area contributed by atoms with Gasteiger partial charge in [0.25, 0.3) is 0 Å². The maximum atomic E-state index is 4.27. The fraction of sp³-hybridized carbons (Fsp3) is 0.200. The largest absolute Gasteiger partial charge is 0.135 e. The van der Waals surface area contributed by atoms with Gasteiger partial charge >= 0.3 is 0 Å². The lowest BCUT2D eigenvalue weighted by molar-refractivity contribution is 0.885. The van der Waals surface area contributed by atoms with Crippen LogP contribution in [0.1, 0.15) is 83.1 Å². The average molecular weight is 687 g/mol. The fourth-order valence-electron chi connectivity index (χ4n) is 6.21. The Morgan fingerprint density at radius 2 is 1.27 bits per heavy atom. The van der Waals surface area contributed by atoms with Gasteiger partial charge in [-0.05, 0) is 113 Å². The van der Waals surface area contributed by atoms with Crippen LogP contribution < -0.4 is 9.75 Å². The molecule has 0 saturated carbocycles. The minimum Gasteiger partial charge on any atom is -0.135 e. The van der Waals surface area contributed by atoms with Crippen LogP contribution in [0.3, 0.4) is 0 Å². The topological polar surface area (TPSA) is 0 Å². The standard InChI is InChI=1S/C18H16.C17H14S.C11H16.C2H6.C2H2/c1-13(15-8-4-3-5-9-15)18-12-16-10-6-7-11-17(16)14(18)2;1-12(14-8-4-3-5-9-14)17-13(2)15-10-6-7-11-16(15)18-17;1-4-10-6-5-7-11(8-10)9(2)3;2*1-2/h3-11H,2,12H2,1H3;3-11H,2H2,1H3;7-8H,2,4-6H2,1,3H3;1-2H3;1-2H/b18-13+;17-12-;;;. The molecule has 0 amide bonds. The molecule has 7 rings (SSSR count). The monoisotopic (exact) mass is 686 g/mol. The van der Waals surface area contributed by atoms with E-state index in [1.807, 2.05) is 31.3 Å². The average Bonchev–Trinajstić information content (AvgIpc) is 3.73. The van der Waals surface area contributed by atoms with E-state index in [1.165, 1.54) is 89.6 Å². The number of fused-ring (bicyclic) bond motifs is 2. The van der Waals surface area contributed by atoms with Gasteiger partial charge in [-0.3, -0.25) is 0 Å². The summed E-state index contributed by atoms with van der Waals surface area (Å²) < 4.78 is 2.61. The number of thiophene rings is 1. The summed E-state index contributed by atoms with van der Waals surface area (Å²) in [7, 11) is 0. The zero-order valence-electron chi connectivity index (χ0n) is 31.6. The van der Waals surface area contributed by atoms with Crippen LogP contribution in [0, 0.1) is 12.8 Å². The van der Waals surface area contributed by atoms with Crippen molar-refractivity contribution < 1.29 is 0 Å². The molecule has 0 saturated heterocycles. The first-order valence-corrected chi connectivity index (χ1v) is 18.7. The van der Waals surface area contributed by atoms with Crippen LogP contribution in [-0.2, 0) is 6.42 Å². The molecule has 5 aromatic rings. The molecule has 0 atom stereocenters. The summed E-state index contributed by atoms with van der Waals surface area (Å²) in [4.78, 5) is 0. The van der Waals surface area contributed by atoms with E-state index in [2.05, 4.69) is 176 Å². The Labute approximate surface area is 312 Å². The summed E-state index contributed by atoms with van der Waals surface area (Å²) in [5.41, 5.74) is 14.6. The summed E-state index contributed by atoms with van der Waals surface area (Å²) in [6, 6.07) is 38.1. The Hall–Kier alpha value is -5.16. The first-order valence-electron chi connectivity index (χ1n) is 17.9. The summed E-state index contributed by atoms with van der Waals surface area (Å²) >= 11 is 1.83. The predicted molar refractivity (Wildman–Crippen MR) is 231 cm³/mol. The Morgan fingerprint density at radius 1 is 0.725 bits per heavy atom. The Bertz CT molecular complexity index is 2140. The van der Waals surface area contributed by atoms with Crippen LogP contribution in [0.5, 0.6) is 0 Å². The maximum Gasteiger partial charge on any atom is 0.0384 e. The highest BCUT2D eigenvalue weighted by atomic mass is 32.1. The number of terminal acetylenes is 1. The van der Waals surface area contributed by atoms with Crippen LogP contribution in [0.15, 0.2) is 157 Å². The second-order valence-electron chi connectivity index (χ2n) is 12.3. The van der Waals surface area contributed by atoms with Crippen molar-refractivity contribution in [3.05, 3.63) is 189 Å². The van der Waals surface area contributed by atoms with Gasteiger partial charge in [0, 0.05) is 9.23 Å². The molecule has 0 nitrogen and oxygen atoms in total. The van der Waals surface area contributed by atoms with Crippen LogP contribution in [-0.4, -0.2) is 0 Å². The second kappa shape index (κ2) is 20.5. The Kier molecular flexibility index (Phi) is 16.2. The first kappa shape index (κ1) is 40.3. The van der Waals surface area contributed by atoms with Gasteiger partial charge < -0.3 is 0 Å². The van der Waals surface area contributed by atoms with Crippen molar-refractivity contribution in [1.82, 2.24) is 0 Å². The molecule has 1 heteroatoms. The SMILES string of the molecule is C#C.C=C(C)C1=CCCC(CC)=C1.C=C1/C(=C(\C)c2ccccc2)Cc2ccccc21.C=c1/c(=C(\C)c2ccccc2)sc2ccccc12.CC. The van der Waals surface area contributed by atoms with Gasteiger partial charge in [0.2, 0.25) is 0 Å². The van der Waals surface area contributed by atoms with Gasteiger partial charge in [-0.25, -0.2) is 0 Å². The van der Waals surface area contributed by atoms with E-state index in [-0.39, 0.29) is 0 Å². The molecule has 0 spiro atoms. The molecule has 0 aliphatic heterocycles. The highest BCUT2D eigenvalue weighted by Gasteiger charge is 2.21. The molecule has 2 aliphatic rings. The molecule has 0 radical (unpaired) electrons. The van der Waals surface area contributed by atoms with Crippen molar-refractivity contribution in [1.29, 1.82) is 0 Å². The van der Waals surface area contributed by atoms with Gasteiger partial charge in [-0.2, -0.15) is 0 Å². The number of rotatable bonds is 4. The van der Waals surface area contributed by atoms with Gasteiger partial charge in [0.05, 0.1) is 0 Å². The highest BCUT2D eigenvalue weighted by Crippen LogP contribution is 2.39. The van der Waals surface area contributed by atoms with Crippen molar-refractivity contribution in [2.75, 3.05) is 0 Å². The van der Waals surface area contributed by atoms with Crippen molar-refractivity contribution >= 4 is 44.7 Å². The lowest BCUT2D eigenvalue weighted by atomic mass is 9.95. The van der Waals surface area contributed by atoms with Crippen LogP contribution in [0.25, 0.3) is 33.4 Å². The minimum absolute atomic E-state index is 1.01. The Balaban J connectivity index is 0.000000202. The van der Waals surface area contributed by atoms with Crippen LogP contribution >= 0.6 is 11.3 Å². The van der Waals surface area contributed by atoms with Crippen molar-refractivity contribution in [3.8, 4) is 12.8 Å². The van der Waals surface area contributed by atoms with E-state index in [9.17, 15) is 0 Å². The molecule has 0 N–H and O–H groups in total. The zero-order chi connectivity index (χ0) is 37.3. The third-order valence-corrected chi connectivity index (χ3v) is 10.4. The second-order valence-corrected chi connectivity index (χ2v) is 13.4. The van der Waals surface area contributed by atoms with Crippen molar-refractivity contribution in [3.63, 3.8) is 0 Å². The molecule has 1 aromatic heterocycles. The molecule has 0 unspecified atom stereocenters. The number of benzene rings is 4. The van der Waals surface area contributed by atoms with Gasteiger partial charge in [-0.1, -0.05) is 167 Å². The minimum atomic E-state index is 1.01. The predicted octanol–water partition coefficient (Wildman–Crippen LogP) is 13.2. The number of allylic oxidation sites excluding steroid dienone is 8.